The molecule has 0 aliphatic carbocycles. The molecule has 1 atom stereocenters. The number of nitrogens with zero attached hydrogens (tertiary/aromatic N) is 2. The molecule has 2 saturated heterocycles. The highest BCUT2D eigenvalue weighted by molar-refractivity contribution is 6.30. The van der Waals surface area contributed by atoms with E-state index in [0.29, 0.717) is 12.0 Å². The summed E-state index contributed by atoms with van der Waals surface area (Å²) in [4.78, 5) is 40.8. The molecular formula is C25H25ClFN3O3. The van der Waals surface area contributed by atoms with Gasteiger partial charge in [-0.3, -0.25) is 24.6 Å². The molecular weight excluding hydrogens is 445 g/mol. The zero-order valence-electron chi connectivity index (χ0n) is 18.2. The van der Waals surface area contributed by atoms with Crippen LogP contribution in [0, 0.1) is 5.82 Å². The predicted octanol–water partition coefficient (Wildman–Crippen LogP) is 3.62. The van der Waals surface area contributed by atoms with E-state index in [1.54, 1.807) is 6.07 Å². The second-order valence-electron chi connectivity index (χ2n) is 9.10. The Kier molecular flexibility index (Phi) is 5.93. The number of likely N-dealkylation sites (tertiary alicyclic amines) is 1. The molecule has 0 spiro atoms. The van der Waals surface area contributed by atoms with Gasteiger partial charge < -0.3 is 4.90 Å². The molecule has 3 aliphatic rings. The first-order valence-corrected chi connectivity index (χ1v) is 11.7. The van der Waals surface area contributed by atoms with Gasteiger partial charge in [0, 0.05) is 30.1 Å². The first-order chi connectivity index (χ1) is 15.9. The van der Waals surface area contributed by atoms with Crippen LogP contribution in [0.2, 0.25) is 5.02 Å². The topological polar surface area (TPSA) is 69.7 Å². The number of halogens is 2. The Balaban J connectivity index is 1.31. The zero-order valence-corrected chi connectivity index (χ0v) is 18.9. The Bertz CT molecular complexity index is 1110. The number of benzene rings is 2. The van der Waals surface area contributed by atoms with Crippen molar-refractivity contribution in [1.29, 1.82) is 0 Å². The molecule has 5 rings (SSSR count). The van der Waals surface area contributed by atoms with Crippen molar-refractivity contribution in [3.05, 3.63) is 69.5 Å². The Morgan fingerprint density at radius 1 is 1.03 bits per heavy atom. The van der Waals surface area contributed by atoms with Crippen LogP contribution < -0.4 is 5.32 Å². The molecule has 2 fully saturated rings. The average molecular weight is 470 g/mol. The van der Waals surface area contributed by atoms with Crippen LogP contribution in [0.25, 0.3) is 0 Å². The van der Waals surface area contributed by atoms with E-state index in [0.717, 1.165) is 48.6 Å². The number of imide groups is 1. The number of amides is 3. The number of carbonyl (C=O) groups excluding carboxylic acids is 3. The minimum Gasteiger partial charge on any atom is -0.322 e. The van der Waals surface area contributed by atoms with Gasteiger partial charge in [-0.1, -0.05) is 23.7 Å². The Morgan fingerprint density at radius 2 is 1.76 bits per heavy atom. The highest BCUT2D eigenvalue weighted by Crippen LogP contribution is 2.38. The summed E-state index contributed by atoms with van der Waals surface area (Å²) >= 11 is 5.98. The molecule has 172 valence electrons. The largest absolute Gasteiger partial charge is 0.322 e. The van der Waals surface area contributed by atoms with Gasteiger partial charge in [0.05, 0.1) is 0 Å². The van der Waals surface area contributed by atoms with Crippen LogP contribution >= 0.6 is 11.6 Å². The predicted molar refractivity (Wildman–Crippen MR) is 121 cm³/mol. The van der Waals surface area contributed by atoms with E-state index < -0.39 is 17.8 Å². The normalized spacial score (nSPS) is 21.9. The SMILES string of the molecule is O=C1CCC(N2Cc3c(cc(F)cc3C3CCN(Cc4ccc(Cl)cc4)CC3)C2=O)C(=O)N1. The van der Waals surface area contributed by atoms with Crippen molar-refractivity contribution < 1.29 is 18.8 Å². The van der Waals surface area contributed by atoms with Gasteiger partial charge in [-0.05, 0) is 79.2 Å². The van der Waals surface area contributed by atoms with E-state index in [9.17, 15) is 18.8 Å². The fourth-order valence-corrected chi connectivity index (χ4v) is 5.39. The number of hydrogen-bond donors (Lipinski definition) is 1. The summed E-state index contributed by atoms with van der Waals surface area (Å²) in [7, 11) is 0. The number of rotatable bonds is 4. The summed E-state index contributed by atoms with van der Waals surface area (Å²) in [5, 5.41) is 3.03. The summed E-state index contributed by atoms with van der Waals surface area (Å²) < 4.78 is 14.5. The second kappa shape index (κ2) is 8.88. The van der Waals surface area contributed by atoms with Gasteiger partial charge in [0.15, 0.2) is 0 Å². The third kappa shape index (κ3) is 4.39. The fourth-order valence-electron chi connectivity index (χ4n) is 5.27. The van der Waals surface area contributed by atoms with Gasteiger partial charge in [-0.25, -0.2) is 4.39 Å². The maximum atomic E-state index is 14.5. The van der Waals surface area contributed by atoms with Gasteiger partial charge in [0.2, 0.25) is 11.8 Å². The highest BCUT2D eigenvalue weighted by Gasteiger charge is 2.41. The maximum absolute atomic E-state index is 14.5. The van der Waals surface area contributed by atoms with Gasteiger partial charge in [0.25, 0.3) is 5.91 Å². The summed E-state index contributed by atoms with van der Waals surface area (Å²) in [5.74, 6) is -1.38. The summed E-state index contributed by atoms with van der Waals surface area (Å²) in [6.45, 7) is 2.88. The minimum atomic E-state index is -0.695. The van der Waals surface area contributed by atoms with Crippen LogP contribution in [-0.2, 0) is 22.7 Å². The number of fused-ring (bicyclic) bond motifs is 1. The first-order valence-electron chi connectivity index (χ1n) is 11.3. The van der Waals surface area contributed by atoms with Crippen LogP contribution in [0.5, 0.6) is 0 Å². The van der Waals surface area contributed by atoms with Crippen LogP contribution in [0.4, 0.5) is 4.39 Å². The van der Waals surface area contributed by atoms with Crippen molar-refractivity contribution in [2.75, 3.05) is 13.1 Å². The van der Waals surface area contributed by atoms with Gasteiger partial charge >= 0.3 is 0 Å². The average Bonchev–Trinajstić information content (AvgIpc) is 3.11. The third-order valence-corrected chi connectivity index (χ3v) is 7.25. The van der Waals surface area contributed by atoms with Crippen LogP contribution in [0.1, 0.15) is 58.6 Å². The number of piperidine rings is 2. The van der Waals surface area contributed by atoms with E-state index in [2.05, 4.69) is 10.2 Å². The molecule has 0 radical (unpaired) electrons. The third-order valence-electron chi connectivity index (χ3n) is 7.00. The van der Waals surface area contributed by atoms with Crippen molar-refractivity contribution in [3.8, 4) is 0 Å². The van der Waals surface area contributed by atoms with Crippen molar-refractivity contribution in [1.82, 2.24) is 15.1 Å². The number of carbonyl (C=O) groups is 3. The molecule has 3 aliphatic heterocycles. The van der Waals surface area contributed by atoms with Gasteiger partial charge in [-0.2, -0.15) is 0 Å². The smallest absolute Gasteiger partial charge is 0.255 e. The highest BCUT2D eigenvalue weighted by atomic mass is 35.5. The molecule has 1 unspecified atom stereocenters. The fraction of sp³-hybridized carbons (Fsp3) is 0.400. The van der Waals surface area contributed by atoms with Gasteiger partial charge in [-0.15, -0.1) is 0 Å². The summed E-state index contributed by atoms with van der Waals surface area (Å²) in [5.41, 5.74) is 3.25. The molecule has 1 N–H and O–H groups in total. The quantitative estimate of drug-likeness (QED) is 0.694. The van der Waals surface area contributed by atoms with Crippen molar-refractivity contribution in [2.24, 2.45) is 0 Å². The lowest BCUT2D eigenvalue weighted by atomic mass is 9.85. The summed E-state index contributed by atoms with van der Waals surface area (Å²) in [6, 6.07) is 9.99. The molecule has 2 aromatic rings. The molecule has 8 heteroatoms. The molecule has 2 aromatic carbocycles. The van der Waals surface area contributed by atoms with Crippen molar-refractivity contribution in [3.63, 3.8) is 0 Å². The number of hydrogen-bond acceptors (Lipinski definition) is 4. The van der Waals surface area contributed by atoms with Crippen LogP contribution in [0.15, 0.2) is 36.4 Å². The molecule has 0 bridgehead atoms. The molecule has 6 nitrogen and oxygen atoms in total. The first kappa shape index (κ1) is 22.0. The molecule has 33 heavy (non-hydrogen) atoms. The summed E-state index contributed by atoms with van der Waals surface area (Å²) in [6.07, 6.45) is 2.24. The standard InChI is InChI=1S/C25H25ClFN3O3/c26-17-3-1-15(2-4-17)13-29-9-7-16(8-10-29)19-11-18(27)12-20-21(19)14-30(25(20)33)22-5-6-23(31)28-24(22)32/h1-4,11-12,16,22H,5-10,13-14H2,(H,28,31,32). The van der Waals surface area contributed by atoms with Gasteiger partial charge in [0.1, 0.15) is 11.9 Å². The van der Waals surface area contributed by atoms with Crippen molar-refractivity contribution in [2.45, 2.75) is 50.7 Å². The number of nitrogens with one attached hydrogen (secondary N) is 1. The van der Waals surface area contributed by atoms with E-state index in [1.165, 1.54) is 16.5 Å². The Hall–Kier alpha value is -2.77. The molecule has 3 amide bonds. The van der Waals surface area contributed by atoms with Crippen molar-refractivity contribution >= 4 is 29.3 Å². The van der Waals surface area contributed by atoms with E-state index >= 15 is 0 Å². The Morgan fingerprint density at radius 3 is 2.45 bits per heavy atom. The lowest BCUT2D eigenvalue weighted by molar-refractivity contribution is -0.136. The lowest BCUT2D eigenvalue weighted by Gasteiger charge is -2.33. The second-order valence-corrected chi connectivity index (χ2v) is 9.53. The van der Waals surface area contributed by atoms with Crippen LogP contribution in [-0.4, -0.2) is 46.7 Å². The van der Waals surface area contributed by atoms with E-state index in [1.807, 2.05) is 24.3 Å². The Labute approximate surface area is 196 Å². The lowest BCUT2D eigenvalue weighted by Crippen LogP contribution is -2.52. The van der Waals surface area contributed by atoms with E-state index in [4.69, 9.17) is 11.6 Å². The van der Waals surface area contributed by atoms with E-state index in [-0.39, 0.29) is 30.7 Å². The monoisotopic (exact) mass is 469 g/mol. The molecule has 0 aromatic heterocycles. The maximum Gasteiger partial charge on any atom is 0.255 e. The zero-order chi connectivity index (χ0) is 23.1. The molecule has 0 saturated carbocycles. The minimum absolute atomic E-state index is 0.158. The van der Waals surface area contributed by atoms with Crippen LogP contribution in [0.3, 0.4) is 0 Å². The molecule has 3 heterocycles.